The molecule has 0 aliphatic heterocycles. The Kier molecular flexibility index (Phi) is 3.54. The number of para-hydroxylation sites is 1. The molecule has 1 aromatic carbocycles. The molecule has 0 aliphatic carbocycles. The summed E-state index contributed by atoms with van der Waals surface area (Å²) < 4.78 is 12.0. The van der Waals surface area contributed by atoms with Crippen molar-refractivity contribution in [3.05, 3.63) is 41.2 Å². The number of benzene rings is 1. The van der Waals surface area contributed by atoms with E-state index in [-0.39, 0.29) is 0 Å². The zero-order chi connectivity index (χ0) is 12.3. The lowest BCUT2D eigenvalue weighted by Gasteiger charge is -2.08. The first-order valence-corrected chi connectivity index (χ1v) is 5.51. The molecule has 0 unspecified atom stereocenters. The largest absolute Gasteiger partial charge is 0.496 e. The van der Waals surface area contributed by atoms with E-state index in [1.807, 2.05) is 24.3 Å². The smallest absolute Gasteiger partial charge is 0.175 e. The molecular formula is C12H13ClN2O2. The Morgan fingerprint density at radius 3 is 2.53 bits per heavy atom. The van der Waals surface area contributed by atoms with Crippen molar-refractivity contribution >= 4 is 11.6 Å². The van der Waals surface area contributed by atoms with Crippen LogP contribution in [0.3, 0.4) is 0 Å². The maximum absolute atomic E-state index is 6.10. The predicted molar refractivity (Wildman–Crippen MR) is 65.9 cm³/mol. The molecule has 2 aromatic rings. The fourth-order valence-corrected chi connectivity index (χ4v) is 1.82. The molecular weight excluding hydrogens is 240 g/mol. The summed E-state index contributed by atoms with van der Waals surface area (Å²) in [7, 11) is 3.21. The Balaban J connectivity index is 2.28. The predicted octanol–water partition coefficient (Wildman–Crippen LogP) is 2.60. The first kappa shape index (κ1) is 11.8. The van der Waals surface area contributed by atoms with Crippen LogP contribution in [0, 0.1) is 0 Å². The molecule has 0 aliphatic rings. The summed E-state index contributed by atoms with van der Waals surface area (Å²) in [6.07, 6.45) is 1.59. The molecule has 5 heteroatoms. The Morgan fingerprint density at radius 2 is 1.88 bits per heavy atom. The standard InChI is InChI=1S/C12H13ClN2O2/c1-16-10-6-4-3-5-9(10)8-15-12(13)11(17-2)7-14-15/h3-7H,8H2,1-2H3. The summed E-state index contributed by atoms with van der Waals surface area (Å²) in [6, 6.07) is 7.76. The molecule has 0 radical (unpaired) electrons. The molecule has 0 saturated carbocycles. The molecule has 17 heavy (non-hydrogen) atoms. The van der Waals surface area contributed by atoms with Crippen LogP contribution in [-0.4, -0.2) is 24.0 Å². The van der Waals surface area contributed by atoms with Gasteiger partial charge in [0.2, 0.25) is 0 Å². The molecule has 0 bridgehead atoms. The highest BCUT2D eigenvalue weighted by atomic mass is 35.5. The van der Waals surface area contributed by atoms with E-state index in [0.29, 0.717) is 17.4 Å². The second-order valence-electron chi connectivity index (χ2n) is 3.47. The van der Waals surface area contributed by atoms with Crippen molar-refractivity contribution in [2.24, 2.45) is 0 Å². The second kappa shape index (κ2) is 5.10. The SMILES string of the molecule is COc1ccccc1Cn1ncc(OC)c1Cl. The average molecular weight is 253 g/mol. The number of hydrogen-bond donors (Lipinski definition) is 0. The fourth-order valence-electron chi connectivity index (χ4n) is 1.60. The maximum atomic E-state index is 6.10. The second-order valence-corrected chi connectivity index (χ2v) is 3.83. The van der Waals surface area contributed by atoms with E-state index >= 15 is 0 Å². The van der Waals surface area contributed by atoms with Crippen molar-refractivity contribution in [2.75, 3.05) is 14.2 Å². The third kappa shape index (κ3) is 2.36. The van der Waals surface area contributed by atoms with Gasteiger partial charge in [-0.25, -0.2) is 4.68 Å². The van der Waals surface area contributed by atoms with Crippen molar-refractivity contribution in [3.8, 4) is 11.5 Å². The number of methoxy groups -OCH3 is 2. The summed E-state index contributed by atoms with van der Waals surface area (Å²) in [5.41, 5.74) is 1.02. The van der Waals surface area contributed by atoms with E-state index in [1.165, 1.54) is 0 Å². The summed E-state index contributed by atoms with van der Waals surface area (Å²) in [4.78, 5) is 0. The number of ether oxygens (including phenoxy) is 2. The summed E-state index contributed by atoms with van der Waals surface area (Å²) in [5.74, 6) is 1.39. The van der Waals surface area contributed by atoms with Gasteiger partial charge in [-0.2, -0.15) is 5.10 Å². The van der Waals surface area contributed by atoms with Crippen molar-refractivity contribution in [1.29, 1.82) is 0 Å². The van der Waals surface area contributed by atoms with Gasteiger partial charge in [-0.1, -0.05) is 29.8 Å². The lowest BCUT2D eigenvalue weighted by molar-refractivity contribution is 0.406. The molecule has 0 spiro atoms. The third-order valence-electron chi connectivity index (χ3n) is 2.48. The van der Waals surface area contributed by atoms with E-state index in [2.05, 4.69) is 5.10 Å². The van der Waals surface area contributed by atoms with Crippen LogP contribution in [0.2, 0.25) is 5.15 Å². The van der Waals surface area contributed by atoms with Gasteiger partial charge in [-0.3, -0.25) is 0 Å². The van der Waals surface area contributed by atoms with Gasteiger partial charge in [0.25, 0.3) is 0 Å². The molecule has 0 amide bonds. The number of nitrogens with zero attached hydrogens (tertiary/aromatic N) is 2. The van der Waals surface area contributed by atoms with Crippen molar-refractivity contribution in [1.82, 2.24) is 9.78 Å². The van der Waals surface area contributed by atoms with E-state index < -0.39 is 0 Å². The van der Waals surface area contributed by atoms with Crippen LogP contribution in [0.5, 0.6) is 11.5 Å². The van der Waals surface area contributed by atoms with E-state index in [4.69, 9.17) is 21.1 Å². The number of hydrogen-bond acceptors (Lipinski definition) is 3. The highest BCUT2D eigenvalue weighted by Gasteiger charge is 2.10. The van der Waals surface area contributed by atoms with Crippen LogP contribution >= 0.6 is 11.6 Å². The molecule has 0 fully saturated rings. The van der Waals surface area contributed by atoms with Gasteiger partial charge >= 0.3 is 0 Å². The molecule has 4 nitrogen and oxygen atoms in total. The highest BCUT2D eigenvalue weighted by molar-refractivity contribution is 6.31. The van der Waals surface area contributed by atoms with Crippen LogP contribution in [0.15, 0.2) is 30.5 Å². The fraction of sp³-hybridized carbons (Fsp3) is 0.250. The van der Waals surface area contributed by atoms with E-state index in [9.17, 15) is 0 Å². The Hall–Kier alpha value is -1.68. The van der Waals surface area contributed by atoms with Crippen LogP contribution in [-0.2, 0) is 6.54 Å². The number of aromatic nitrogens is 2. The number of halogens is 1. The maximum Gasteiger partial charge on any atom is 0.175 e. The molecule has 90 valence electrons. The van der Waals surface area contributed by atoms with Gasteiger partial charge < -0.3 is 9.47 Å². The lowest BCUT2D eigenvalue weighted by atomic mass is 10.2. The molecule has 2 rings (SSSR count). The molecule has 1 aromatic heterocycles. The molecule has 0 N–H and O–H groups in total. The topological polar surface area (TPSA) is 36.3 Å². The zero-order valence-electron chi connectivity index (χ0n) is 9.68. The van der Waals surface area contributed by atoms with Crippen molar-refractivity contribution < 1.29 is 9.47 Å². The number of rotatable bonds is 4. The van der Waals surface area contributed by atoms with Gasteiger partial charge in [0.15, 0.2) is 10.9 Å². The van der Waals surface area contributed by atoms with Gasteiger partial charge in [-0.15, -0.1) is 0 Å². The summed E-state index contributed by atoms with van der Waals surface area (Å²) in [6.45, 7) is 0.548. The third-order valence-corrected chi connectivity index (χ3v) is 2.86. The van der Waals surface area contributed by atoms with Gasteiger partial charge in [0, 0.05) is 5.56 Å². The summed E-state index contributed by atoms with van der Waals surface area (Å²) >= 11 is 6.10. The van der Waals surface area contributed by atoms with Crippen LogP contribution in [0.4, 0.5) is 0 Å². The van der Waals surface area contributed by atoms with E-state index in [1.54, 1.807) is 25.1 Å². The molecule has 0 saturated heterocycles. The van der Waals surface area contributed by atoms with Crippen LogP contribution in [0.1, 0.15) is 5.56 Å². The minimum atomic E-state index is 0.485. The lowest BCUT2D eigenvalue weighted by Crippen LogP contribution is -2.03. The van der Waals surface area contributed by atoms with Gasteiger partial charge in [0.1, 0.15) is 5.75 Å². The van der Waals surface area contributed by atoms with E-state index in [0.717, 1.165) is 11.3 Å². The van der Waals surface area contributed by atoms with Crippen molar-refractivity contribution in [3.63, 3.8) is 0 Å². The average Bonchev–Trinajstić information content (AvgIpc) is 2.71. The zero-order valence-corrected chi connectivity index (χ0v) is 10.4. The molecule has 1 heterocycles. The normalized spacial score (nSPS) is 10.3. The van der Waals surface area contributed by atoms with Crippen LogP contribution in [0.25, 0.3) is 0 Å². The monoisotopic (exact) mass is 252 g/mol. The minimum Gasteiger partial charge on any atom is -0.496 e. The summed E-state index contributed by atoms with van der Waals surface area (Å²) in [5, 5.41) is 4.65. The minimum absolute atomic E-state index is 0.485. The first-order valence-electron chi connectivity index (χ1n) is 5.13. The van der Waals surface area contributed by atoms with Crippen molar-refractivity contribution in [2.45, 2.75) is 6.54 Å². The molecule has 0 atom stereocenters. The van der Waals surface area contributed by atoms with Gasteiger partial charge in [-0.05, 0) is 6.07 Å². The van der Waals surface area contributed by atoms with Crippen LogP contribution < -0.4 is 9.47 Å². The highest BCUT2D eigenvalue weighted by Crippen LogP contribution is 2.25. The Bertz CT molecular complexity index is 511. The quantitative estimate of drug-likeness (QED) is 0.839. The Labute approximate surface area is 105 Å². The Morgan fingerprint density at radius 1 is 1.18 bits per heavy atom. The first-order chi connectivity index (χ1) is 8.26. The van der Waals surface area contributed by atoms with Gasteiger partial charge in [0.05, 0.1) is 27.0 Å².